The van der Waals surface area contributed by atoms with Gasteiger partial charge in [-0.25, -0.2) is 18.4 Å². The summed E-state index contributed by atoms with van der Waals surface area (Å²) in [5.41, 5.74) is 7.63. The molecule has 0 aliphatic rings. The average Bonchev–Trinajstić information content (AvgIpc) is 2.39. The minimum absolute atomic E-state index is 0.186. The van der Waals surface area contributed by atoms with Gasteiger partial charge in [-0.05, 0) is 30.2 Å². The first-order valence-electron chi connectivity index (χ1n) is 5.60. The quantitative estimate of drug-likeness (QED) is 0.871. The summed E-state index contributed by atoms with van der Waals surface area (Å²) in [6.07, 6.45) is 4.12. The van der Waals surface area contributed by atoms with Crippen molar-refractivity contribution in [3.8, 4) is 0 Å². The maximum absolute atomic E-state index is 12.2. The van der Waals surface area contributed by atoms with Gasteiger partial charge in [0.25, 0.3) is 10.0 Å². The summed E-state index contributed by atoms with van der Waals surface area (Å²) >= 11 is 0. The van der Waals surface area contributed by atoms with E-state index in [0.717, 1.165) is 11.1 Å². The van der Waals surface area contributed by atoms with Gasteiger partial charge in [-0.2, -0.15) is 0 Å². The van der Waals surface area contributed by atoms with E-state index >= 15 is 0 Å². The van der Waals surface area contributed by atoms with E-state index in [1.807, 2.05) is 6.92 Å². The number of nitrogens with two attached hydrogens (primary N) is 1. The predicted molar refractivity (Wildman–Crippen MR) is 71.9 cm³/mol. The van der Waals surface area contributed by atoms with Gasteiger partial charge in [-0.15, -0.1) is 0 Å². The Labute approximate surface area is 111 Å². The van der Waals surface area contributed by atoms with Crippen LogP contribution in [0.4, 0.5) is 5.69 Å². The molecule has 3 N–H and O–H groups in total. The van der Waals surface area contributed by atoms with E-state index in [2.05, 4.69) is 14.7 Å². The first kappa shape index (κ1) is 13.4. The van der Waals surface area contributed by atoms with Gasteiger partial charge in [0.1, 0.15) is 6.33 Å². The minimum atomic E-state index is -3.63. The van der Waals surface area contributed by atoms with Crippen LogP contribution in [0, 0.1) is 6.92 Å². The van der Waals surface area contributed by atoms with Gasteiger partial charge < -0.3 is 5.73 Å². The van der Waals surface area contributed by atoms with Crippen LogP contribution in [0.3, 0.4) is 0 Å². The number of hydrogen-bond donors (Lipinski definition) is 2. The highest BCUT2D eigenvalue weighted by atomic mass is 32.2. The molecule has 2 rings (SSSR count). The van der Waals surface area contributed by atoms with E-state index < -0.39 is 10.0 Å². The second-order valence-electron chi connectivity index (χ2n) is 4.03. The molecule has 0 radical (unpaired) electrons. The molecule has 0 amide bonds. The summed E-state index contributed by atoms with van der Waals surface area (Å²) < 4.78 is 26.7. The van der Waals surface area contributed by atoms with E-state index in [1.54, 1.807) is 12.1 Å². The van der Waals surface area contributed by atoms with Crippen molar-refractivity contribution >= 4 is 15.7 Å². The van der Waals surface area contributed by atoms with Crippen molar-refractivity contribution in [3.05, 3.63) is 48.0 Å². The topological polar surface area (TPSA) is 98.0 Å². The smallest absolute Gasteiger partial charge is 0.262 e. The van der Waals surface area contributed by atoms with Crippen LogP contribution in [0.15, 0.2) is 41.8 Å². The van der Waals surface area contributed by atoms with Crippen molar-refractivity contribution in [2.24, 2.45) is 5.73 Å². The Bertz CT molecular complexity index is 671. The van der Waals surface area contributed by atoms with Crippen LogP contribution in [0.5, 0.6) is 0 Å². The van der Waals surface area contributed by atoms with Crippen molar-refractivity contribution in [1.29, 1.82) is 0 Å². The Morgan fingerprint density at radius 1 is 1.26 bits per heavy atom. The van der Waals surface area contributed by atoms with Crippen LogP contribution in [-0.4, -0.2) is 18.4 Å². The number of aromatic nitrogens is 2. The second-order valence-corrected chi connectivity index (χ2v) is 5.71. The van der Waals surface area contributed by atoms with Gasteiger partial charge in [0.2, 0.25) is 0 Å². The van der Waals surface area contributed by atoms with E-state index in [0.29, 0.717) is 12.2 Å². The van der Waals surface area contributed by atoms with Crippen molar-refractivity contribution in [3.63, 3.8) is 0 Å². The average molecular weight is 278 g/mol. The largest absolute Gasteiger partial charge is 0.326 e. The minimum Gasteiger partial charge on any atom is -0.326 e. The maximum Gasteiger partial charge on any atom is 0.262 e. The van der Waals surface area contributed by atoms with Gasteiger partial charge in [0.15, 0.2) is 0 Å². The van der Waals surface area contributed by atoms with Gasteiger partial charge in [0.05, 0.1) is 23.0 Å². The number of nitrogens with one attached hydrogen (secondary N) is 1. The number of rotatable bonds is 4. The lowest BCUT2D eigenvalue weighted by Crippen LogP contribution is -2.14. The fourth-order valence-corrected chi connectivity index (χ4v) is 2.74. The lowest BCUT2D eigenvalue weighted by Gasteiger charge is -2.09. The summed E-state index contributed by atoms with van der Waals surface area (Å²) in [6.45, 7) is 2.21. The molecule has 1 aromatic heterocycles. The zero-order valence-electron chi connectivity index (χ0n) is 10.4. The highest BCUT2D eigenvalue weighted by Crippen LogP contribution is 2.18. The molecule has 1 heterocycles. The Hall–Kier alpha value is -1.99. The standard InChI is InChI=1S/C12H14N4O2S/c1-9-4-12(3-2-10(9)5-13)19(17,18)16-11-6-14-8-15-7-11/h2-4,6-8,16H,5,13H2,1H3. The molecule has 19 heavy (non-hydrogen) atoms. The van der Waals surface area contributed by atoms with Crippen LogP contribution in [0.25, 0.3) is 0 Å². The third-order valence-electron chi connectivity index (χ3n) is 2.66. The van der Waals surface area contributed by atoms with Gasteiger partial charge in [-0.3, -0.25) is 4.72 Å². The monoisotopic (exact) mass is 278 g/mol. The normalized spacial score (nSPS) is 11.3. The van der Waals surface area contributed by atoms with E-state index in [9.17, 15) is 8.42 Å². The zero-order chi connectivity index (χ0) is 13.9. The van der Waals surface area contributed by atoms with Gasteiger partial charge in [-0.1, -0.05) is 6.07 Å². The number of nitrogens with zero attached hydrogens (tertiary/aromatic N) is 2. The number of hydrogen-bond acceptors (Lipinski definition) is 5. The summed E-state index contributed by atoms with van der Waals surface area (Å²) in [5, 5.41) is 0. The maximum atomic E-state index is 12.2. The number of benzene rings is 1. The van der Waals surface area contributed by atoms with Crippen LogP contribution in [0.1, 0.15) is 11.1 Å². The molecule has 7 heteroatoms. The lowest BCUT2D eigenvalue weighted by molar-refractivity contribution is 0.601. The molecule has 0 saturated heterocycles. The van der Waals surface area contributed by atoms with E-state index in [4.69, 9.17) is 5.73 Å². The Morgan fingerprint density at radius 3 is 2.53 bits per heavy atom. The SMILES string of the molecule is Cc1cc(S(=O)(=O)Nc2cncnc2)ccc1CN. The molecule has 0 aliphatic heterocycles. The fourth-order valence-electron chi connectivity index (χ4n) is 1.63. The number of sulfonamides is 1. The van der Waals surface area contributed by atoms with Crippen LogP contribution in [-0.2, 0) is 16.6 Å². The Kier molecular flexibility index (Phi) is 3.77. The molecule has 2 aromatic rings. The highest BCUT2D eigenvalue weighted by Gasteiger charge is 2.15. The molecule has 0 spiro atoms. The molecule has 6 nitrogen and oxygen atoms in total. The highest BCUT2D eigenvalue weighted by molar-refractivity contribution is 7.92. The number of anilines is 1. The third kappa shape index (κ3) is 3.07. The summed E-state index contributed by atoms with van der Waals surface area (Å²) in [4.78, 5) is 7.69. The summed E-state index contributed by atoms with van der Waals surface area (Å²) in [7, 11) is -3.63. The Balaban J connectivity index is 2.32. The predicted octanol–water partition coefficient (Wildman–Crippen LogP) is 1.04. The van der Waals surface area contributed by atoms with Crippen molar-refractivity contribution in [2.75, 3.05) is 4.72 Å². The molecule has 0 fully saturated rings. The van der Waals surface area contributed by atoms with Crippen molar-refractivity contribution in [2.45, 2.75) is 18.4 Å². The molecule has 0 aliphatic carbocycles. The van der Waals surface area contributed by atoms with Crippen molar-refractivity contribution in [1.82, 2.24) is 9.97 Å². The fraction of sp³-hybridized carbons (Fsp3) is 0.167. The van der Waals surface area contributed by atoms with E-state index in [-0.39, 0.29) is 4.90 Å². The molecule has 1 aromatic carbocycles. The number of aryl methyl sites for hydroxylation is 1. The molecule has 0 atom stereocenters. The van der Waals surface area contributed by atoms with Crippen LogP contribution in [0.2, 0.25) is 0 Å². The summed E-state index contributed by atoms with van der Waals surface area (Å²) in [6, 6.07) is 4.83. The molecule has 100 valence electrons. The zero-order valence-corrected chi connectivity index (χ0v) is 11.2. The second kappa shape index (κ2) is 5.33. The van der Waals surface area contributed by atoms with E-state index in [1.165, 1.54) is 24.8 Å². The molecular formula is C12H14N4O2S. The summed E-state index contributed by atoms with van der Waals surface area (Å²) in [5.74, 6) is 0. The van der Waals surface area contributed by atoms with Gasteiger partial charge >= 0.3 is 0 Å². The lowest BCUT2D eigenvalue weighted by atomic mass is 10.1. The van der Waals surface area contributed by atoms with Crippen LogP contribution < -0.4 is 10.5 Å². The third-order valence-corrected chi connectivity index (χ3v) is 4.04. The first-order valence-corrected chi connectivity index (χ1v) is 7.08. The first-order chi connectivity index (χ1) is 9.03. The van der Waals surface area contributed by atoms with Gasteiger partial charge in [0, 0.05) is 6.54 Å². The Morgan fingerprint density at radius 2 is 1.95 bits per heavy atom. The molecular weight excluding hydrogens is 264 g/mol. The van der Waals surface area contributed by atoms with Crippen molar-refractivity contribution < 1.29 is 8.42 Å². The molecule has 0 saturated carbocycles. The van der Waals surface area contributed by atoms with Crippen LogP contribution >= 0.6 is 0 Å². The molecule has 0 bridgehead atoms. The molecule has 0 unspecified atom stereocenters.